The van der Waals surface area contributed by atoms with Crippen LogP contribution < -0.4 is 4.90 Å². The highest BCUT2D eigenvalue weighted by Crippen LogP contribution is 2.44. The second-order valence-electron chi connectivity index (χ2n) is 5.96. The Bertz CT molecular complexity index is 906. The van der Waals surface area contributed by atoms with Crippen molar-refractivity contribution in [1.29, 1.82) is 5.26 Å². The van der Waals surface area contributed by atoms with E-state index in [2.05, 4.69) is 25.9 Å². The lowest BCUT2D eigenvalue weighted by Gasteiger charge is -2.24. The first kappa shape index (κ1) is 16.9. The summed E-state index contributed by atoms with van der Waals surface area (Å²) in [6, 6.07) is 3.19. The minimum Gasteiger partial charge on any atom is -0.379 e. The summed E-state index contributed by atoms with van der Waals surface area (Å²) in [6.07, 6.45) is 0.809. The number of ether oxygens (including phenoxy) is 1. The Morgan fingerprint density at radius 2 is 2.28 bits per heavy atom. The Balaban J connectivity index is 1.96. The maximum absolute atomic E-state index is 14.8. The number of rotatable bonds is 2. The summed E-state index contributed by atoms with van der Waals surface area (Å²) in [4.78, 5) is 10.6. The molecule has 130 valence electrons. The molecule has 0 radical (unpaired) electrons. The molecule has 25 heavy (non-hydrogen) atoms. The highest BCUT2D eigenvalue weighted by atomic mass is 79.9. The van der Waals surface area contributed by atoms with Crippen LogP contribution in [0.4, 0.5) is 14.6 Å². The average Bonchev–Trinajstić information content (AvgIpc) is 3.32. The molecule has 2 heterocycles. The first-order chi connectivity index (χ1) is 12.1. The number of fused-ring (bicyclic) bond motifs is 2. The largest absolute Gasteiger partial charge is 0.379 e. The summed E-state index contributed by atoms with van der Waals surface area (Å²) >= 11 is 4.40. The van der Waals surface area contributed by atoms with Gasteiger partial charge in [0.05, 0.1) is 29.3 Å². The number of thioether (sulfide) groups is 1. The van der Waals surface area contributed by atoms with Crippen molar-refractivity contribution >= 4 is 44.4 Å². The molecule has 1 aliphatic heterocycles. The fourth-order valence-electron chi connectivity index (χ4n) is 3.25. The molecule has 1 aromatic carbocycles. The van der Waals surface area contributed by atoms with E-state index in [1.165, 1.54) is 11.8 Å². The predicted octanol–water partition coefficient (Wildman–Crippen LogP) is 3.30. The zero-order chi connectivity index (χ0) is 17.7. The summed E-state index contributed by atoms with van der Waals surface area (Å²) in [6.45, 7) is 1.29. The molecule has 0 bridgehead atoms. The summed E-state index contributed by atoms with van der Waals surface area (Å²) in [5.74, 6) is -0.345. The van der Waals surface area contributed by atoms with Crippen LogP contribution in [-0.2, 0) is 4.74 Å². The van der Waals surface area contributed by atoms with E-state index in [0.717, 1.165) is 0 Å². The minimum absolute atomic E-state index is 0.0751. The lowest BCUT2D eigenvalue weighted by Crippen LogP contribution is -2.31. The van der Waals surface area contributed by atoms with Gasteiger partial charge in [-0.25, -0.2) is 18.7 Å². The normalized spacial score (nSPS) is 25.4. The average molecular weight is 427 g/mol. The van der Waals surface area contributed by atoms with Gasteiger partial charge >= 0.3 is 0 Å². The van der Waals surface area contributed by atoms with Gasteiger partial charge in [-0.3, -0.25) is 0 Å². The molecular weight excluding hydrogens is 414 g/mol. The van der Waals surface area contributed by atoms with Gasteiger partial charge in [0.1, 0.15) is 23.6 Å². The Kier molecular flexibility index (Phi) is 4.30. The predicted molar refractivity (Wildman–Crippen MR) is 94.0 cm³/mol. The van der Waals surface area contributed by atoms with E-state index in [-0.39, 0.29) is 27.5 Å². The van der Waals surface area contributed by atoms with Crippen molar-refractivity contribution < 1.29 is 13.5 Å². The number of benzene rings is 1. The summed E-state index contributed by atoms with van der Waals surface area (Å²) < 4.78 is 34.5. The van der Waals surface area contributed by atoms with E-state index in [1.807, 2.05) is 11.0 Å². The molecule has 2 fully saturated rings. The van der Waals surface area contributed by atoms with Crippen molar-refractivity contribution in [3.63, 3.8) is 0 Å². The topological polar surface area (TPSA) is 62.0 Å². The number of hydrogen-bond donors (Lipinski definition) is 0. The number of aromatic nitrogens is 2. The lowest BCUT2D eigenvalue weighted by atomic mass is 10.1. The molecule has 1 saturated carbocycles. The van der Waals surface area contributed by atoms with Crippen LogP contribution in [0.1, 0.15) is 5.56 Å². The minimum atomic E-state index is -0.987. The third-order valence-electron chi connectivity index (χ3n) is 4.59. The molecule has 0 spiro atoms. The molecule has 2 aliphatic rings. The van der Waals surface area contributed by atoms with E-state index in [4.69, 9.17) is 4.74 Å². The van der Waals surface area contributed by atoms with Crippen molar-refractivity contribution in [2.45, 2.75) is 17.4 Å². The SMILES string of the molecule is CSc1nc(N2CCOCC3[C@H](F)[C@H]32)c2cc(C#N)c(Br)c(F)c2n1. The third kappa shape index (κ3) is 2.67. The number of hydrogen-bond acceptors (Lipinski definition) is 6. The van der Waals surface area contributed by atoms with E-state index in [1.54, 1.807) is 12.3 Å². The lowest BCUT2D eigenvalue weighted by molar-refractivity contribution is 0.131. The van der Waals surface area contributed by atoms with Gasteiger partial charge in [-0.15, -0.1) is 0 Å². The van der Waals surface area contributed by atoms with Crippen LogP contribution >= 0.6 is 27.7 Å². The van der Waals surface area contributed by atoms with Crippen LogP contribution in [-0.4, -0.2) is 48.2 Å². The molecule has 0 N–H and O–H groups in total. The molecule has 3 atom stereocenters. The second kappa shape index (κ2) is 6.34. The zero-order valence-corrected chi connectivity index (χ0v) is 15.6. The summed E-state index contributed by atoms with van der Waals surface area (Å²) in [5.41, 5.74) is 0.278. The van der Waals surface area contributed by atoms with Crippen molar-refractivity contribution in [1.82, 2.24) is 9.97 Å². The van der Waals surface area contributed by atoms with Gasteiger partial charge < -0.3 is 9.64 Å². The molecular formula is C16H13BrF2N4OS. The molecule has 2 aromatic rings. The molecule has 5 nitrogen and oxygen atoms in total. The molecule has 4 rings (SSSR count). The molecule has 9 heteroatoms. The quantitative estimate of drug-likeness (QED) is 0.542. The van der Waals surface area contributed by atoms with E-state index in [0.29, 0.717) is 36.1 Å². The van der Waals surface area contributed by atoms with Crippen LogP contribution in [0.5, 0.6) is 0 Å². The van der Waals surface area contributed by atoms with Crippen molar-refractivity contribution in [2.24, 2.45) is 5.92 Å². The van der Waals surface area contributed by atoms with Gasteiger partial charge in [-0.1, -0.05) is 11.8 Å². The number of nitrogens with zero attached hydrogens (tertiary/aromatic N) is 4. The molecule has 1 saturated heterocycles. The molecule has 0 amide bonds. The Morgan fingerprint density at radius 1 is 1.48 bits per heavy atom. The van der Waals surface area contributed by atoms with Crippen LogP contribution in [0.25, 0.3) is 10.9 Å². The van der Waals surface area contributed by atoms with Crippen LogP contribution in [0.2, 0.25) is 0 Å². The second-order valence-corrected chi connectivity index (χ2v) is 7.53. The fraction of sp³-hybridized carbons (Fsp3) is 0.438. The molecule has 1 unspecified atom stereocenters. The number of alkyl halides is 1. The smallest absolute Gasteiger partial charge is 0.189 e. The van der Waals surface area contributed by atoms with Gasteiger partial charge in [-0.2, -0.15) is 5.26 Å². The van der Waals surface area contributed by atoms with Gasteiger partial charge in [0.25, 0.3) is 0 Å². The number of nitriles is 1. The highest BCUT2D eigenvalue weighted by Gasteiger charge is 2.56. The van der Waals surface area contributed by atoms with Gasteiger partial charge in [0.2, 0.25) is 0 Å². The fourth-order valence-corrected chi connectivity index (χ4v) is 4.00. The van der Waals surface area contributed by atoms with Crippen molar-refractivity contribution in [3.05, 3.63) is 21.9 Å². The molecule has 1 aliphatic carbocycles. The number of halogens is 3. The summed E-state index contributed by atoms with van der Waals surface area (Å²) in [7, 11) is 0. The monoisotopic (exact) mass is 426 g/mol. The Labute approximate surface area is 155 Å². The van der Waals surface area contributed by atoms with Crippen LogP contribution in [0, 0.1) is 23.1 Å². The Hall–Kier alpha value is -1.50. The van der Waals surface area contributed by atoms with E-state index in [9.17, 15) is 14.0 Å². The van der Waals surface area contributed by atoms with Crippen molar-refractivity contribution in [3.8, 4) is 6.07 Å². The van der Waals surface area contributed by atoms with Gasteiger partial charge in [0, 0.05) is 17.8 Å². The first-order valence-corrected chi connectivity index (χ1v) is 9.71. The number of anilines is 1. The summed E-state index contributed by atoms with van der Waals surface area (Å²) in [5, 5.41) is 10.1. The van der Waals surface area contributed by atoms with E-state index < -0.39 is 12.0 Å². The van der Waals surface area contributed by atoms with E-state index >= 15 is 0 Å². The van der Waals surface area contributed by atoms with Crippen molar-refractivity contribution in [2.75, 3.05) is 30.9 Å². The van der Waals surface area contributed by atoms with Gasteiger partial charge in [-0.05, 0) is 28.3 Å². The highest BCUT2D eigenvalue weighted by molar-refractivity contribution is 9.10. The van der Waals surface area contributed by atoms with Crippen LogP contribution in [0.15, 0.2) is 15.7 Å². The standard InChI is InChI=1S/C16H13BrF2N4OS/c1-25-16-21-13-8(4-7(5-20)10(17)12(13)19)15(22-16)23-2-3-24-6-9-11(18)14(9)23/h4,9,11,14H,2-3,6H2,1H3/t9?,11-,14-/m0/s1. The molecule has 1 aromatic heterocycles. The van der Waals surface area contributed by atoms with Crippen LogP contribution in [0.3, 0.4) is 0 Å². The van der Waals surface area contributed by atoms with Gasteiger partial charge in [0.15, 0.2) is 11.0 Å². The first-order valence-electron chi connectivity index (χ1n) is 7.69. The zero-order valence-electron chi connectivity index (χ0n) is 13.2. The third-order valence-corrected chi connectivity index (χ3v) is 5.91. The maximum atomic E-state index is 14.8. The maximum Gasteiger partial charge on any atom is 0.189 e. The Morgan fingerprint density at radius 3 is 3.00 bits per heavy atom.